The summed E-state index contributed by atoms with van der Waals surface area (Å²) in [6, 6.07) is 0.111. The van der Waals surface area contributed by atoms with Crippen LogP contribution >= 0.6 is 0 Å². The van der Waals surface area contributed by atoms with Gasteiger partial charge in [0.2, 0.25) is 11.6 Å². The first-order valence-electron chi connectivity index (χ1n) is 5.34. The highest BCUT2D eigenvalue weighted by Gasteiger charge is 2.33. The van der Waals surface area contributed by atoms with Crippen molar-refractivity contribution in [2.24, 2.45) is 10.9 Å². The maximum Gasteiger partial charge on any atom is 0.287 e. The molecule has 1 heterocycles. The van der Waals surface area contributed by atoms with Crippen LogP contribution in [0, 0.1) is 0 Å². The summed E-state index contributed by atoms with van der Waals surface area (Å²) in [6.45, 7) is 1.46. The first kappa shape index (κ1) is 12.1. The van der Waals surface area contributed by atoms with Crippen LogP contribution in [0.1, 0.15) is 25.5 Å². The average Bonchev–Trinajstić information content (AvgIpc) is 2.72. The summed E-state index contributed by atoms with van der Waals surface area (Å²) < 4.78 is 9.93. The second-order valence-electron chi connectivity index (χ2n) is 4.01. The fourth-order valence-electron chi connectivity index (χ4n) is 1.69. The predicted molar refractivity (Wildman–Crippen MR) is 58.1 cm³/mol. The fraction of sp³-hybridized carbons (Fsp3) is 0.556. The monoisotopic (exact) mass is 255 g/mol. The highest BCUT2D eigenvalue weighted by molar-refractivity contribution is 5.96. The van der Waals surface area contributed by atoms with E-state index >= 15 is 0 Å². The molecule has 1 amide bonds. The number of aromatic nitrogens is 2. The molecule has 1 aromatic heterocycles. The Bertz CT molecular complexity index is 465. The first-order chi connectivity index (χ1) is 8.60. The lowest BCUT2D eigenvalue weighted by atomic mass is 9.89. The van der Waals surface area contributed by atoms with Crippen molar-refractivity contribution in [2.75, 3.05) is 0 Å². The standard InChI is InChI=1S/C9H13N5O4/c1-4(15)11-5-2-6(3-5)17-9-7(8(10)12-16)13-18-14-9/h5-6,16H,2-3H2,1H3,(H2,10,12)(H,11,15). The summed E-state index contributed by atoms with van der Waals surface area (Å²) in [7, 11) is 0. The Morgan fingerprint density at radius 2 is 2.33 bits per heavy atom. The zero-order valence-electron chi connectivity index (χ0n) is 9.66. The Morgan fingerprint density at radius 1 is 1.61 bits per heavy atom. The number of amidine groups is 1. The third kappa shape index (κ3) is 2.50. The number of nitrogens with one attached hydrogen (secondary N) is 1. The molecule has 0 spiro atoms. The van der Waals surface area contributed by atoms with Crippen LogP contribution in [0.4, 0.5) is 0 Å². The van der Waals surface area contributed by atoms with E-state index in [0.29, 0.717) is 12.8 Å². The van der Waals surface area contributed by atoms with Gasteiger partial charge in [-0.3, -0.25) is 4.79 Å². The molecule has 0 bridgehead atoms. The summed E-state index contributed by atoms with van der Waals surface area (Å²) in [6.07, 6.45) is 1.24. The Labute approximate surface area is 102 Å². The van der Waals surface area contributed by atoms with Crippen molar-refractivity contribution >= 4 is 11.7 Å². The second-order valence-corrected chi connectivity index (χ2v) is 4.01. The van der Waals surface area contributed by atoms with Gasteiger partial charge in [-0.2, -0.15) is 0 Å². The van der Waals surface area contributed by atoms with E-state index in [4.69, 9.17) is 15.7 Å². The van der Waals surface area contributed by atoms with E-state index in [-0.39, 0.29) is 35.5 Å². The molecule has 2 rings (SSSR count). The van der Waals surface area contributed by atoms with Crippen LogP contribution in [-0.4, -0.2) is 39.4 Å². The molecule has 9 nitrogen and oxygen atoms in total. The number of amides is 1. The minimum Gasteiger partial charge on any atom is -0.470 e. The molecular formula is C9H13N5O4. The van der Waals surface area contributed by atoms with Crippen molar-refractivity contribution in [3.05, 3.63) is 5.69 Å². The van der Waals surface area contributed by atoms with Crippen molar-refractivity contribution in [3.8, 4) is 5.88 Å². The van der Waals surface area contributed by atoms with Gasteiger partial charge in [0.05, 0.1) is 0 Å². The van der Waals surface area contributed by atoms with Crippen LogP contribution in [0.25, 0.3) is 0 Å². The second kappa shape index (κ2) is 4.90. The fourth-order valence-corrected chi connectivity index (χ4v) is 1.69. The number of hydrogen-bond acceptors (Lipinski definition) is 7. The zero-order valence-corrected chi connectivity index (χ0v) is 9.66. The number of carbonyl (C=O) groups is 1. The maximum atomic E-state index is 10.8. The van der Waals surface area contributed by atoms with Gasteiger partial charge in [-0.25, -0.2) is 4.63 Å². The highest BCUT2D eigenvalue weighted by Crippen LogP contribution is 2.26. The molecule has 4 N–H and O–H groups in total. The summed E-state index contributed by atoms with van der Waals surface area (Å²) in [5, 5.41) is 21.1. The van der Waals surface area contributed by atoms with Crippen LogP contribution < -0.4 is 15.8 Å². The van der Waals surface area contributed by atoms with E-state index in [1.54, 1.807) is 0 Å². The van der Waals surface area contributed by atoms with Gasteiger partial charge in [0.1, 0.15) is 6.10 Å². The number of carbonyl (C=O) groups excluding carboxylic acids is 1. The maximum absolute atomic E-state index is 10.8. The van der Waals surface area contributed by atoms with E-state index in [0.717, 1.165) is 0 Å². The van der Waals surface area contributed by atoms with Crippen LogP contribution in [-0.2, 0) is 4.79 Å². The van der Waals surface area contributed by atoms with Gasteiger partial charge in [-0.1, -0.05) is 5.16 Å². The number of nitrogens with zero attached hydrogens (tertiary/aromatic N) is 3. The lowest BCUT2D eigenvalue weighted by Crippen LogP contribution is -2.48. The molecule has 1 aromatic rings. The van der Waals surface area contributed by atoms with Gasteiger partial charge in [0, 0.05) is 25.8 Å². The zero-order chi connectivity index (χ0) is 13.1. The van der Waals surface area contributed by atoms with E-state index in [2.05, 4.69) is 25.4 Å². The molecule has 98 valence electrons. The minimum absolute atomic E-state index is 0.0560. The minimum atomic E-state index is -0.232. The number of hydrogen-bond donors (Lipinski definition) is 3. The lowest BCUT2D eigenvalue weighted by molar-refractivity contribution is -0.120. The van der Waals surface area contributed by atoms with Crippen molar-refractivity contribution in [1.82, 2.24) is 15.6 Å². The molecule has 0 saturated heterocycles. The number of nitrogens with two attached hydrogens (primary N) is 1. The number of rotatable bonds is 4. The summed E-state index contributed by atoms with van der Waals surface area (Å²) in [5.41, 5.74) is 5.42. The van der Waals surface area contributed by atoms with Crippen molar-refractivity contribution in [1.29, 1.82) is 0 Å². The van der Waals surface area contributed by atoms with Crippen LogP contribution in [0.2, 0.25) is 0 Å². The average molecular weight is 255 g/mol. The van der Waals surface area contributed by atoms with Crippen molar-refractivity contribution < 1.29 is 19.4 Å². The van der Waals surface area contributed by atoms with Crippen LogP contribution in [0.5, 0.6) is 5.88 Å². The summed E-state index contributed by atoms with van der Waals surface area (Å²) >= 11 is 0. The van der Waals surface area contributed by atoms with E-state index in [1.807, 2.05) is 0 Å². The Balaban J connectivity index is 1.89. The molecule has 1 saturated carbocycles. The molecule has 18 heavy (non-hydrogen) atoms. The first-order valence-corrected chi connectivity index (χ1v) is 5.34. The molecule has 0 aliphatic heterocycles. The summed E-state index contributed by atoms with van der Waals surface area (Å²) in [4.78, 5) is 10.8. The Hall–Kier alpha value is -2.32. The SMILES string of the molecule is CC(=O)NC1CC(Oc2nonc2/C(N)=N/O)C1. The predicted octanol–water partition coefficient (Wildman–Crippen LogP) is -0.790. The van der Waals surface area contributed by atoms with Gasteiger partial charge in [-0.15, -0.1) is 0 Å². The van der Waals surface area contributed by atoms with Crippen LogP contribution in [0.3, 0.4) is 0 Å². The molecule has 0 aromatic carbocycles. The normalized spacial score (nSPS) is 23.3. The lowest BCUT2D eigenvalue weighted by Gasteiger charge is -2.34. The molecule has 0 atom stereocenters. The van der Waals surface area contributed by atoms with Crippen LogP contribution in [0.15, 0.2) is 9.78 Å². The smallest absolute Gasteiger partial charge is 0.287 e. The number of oxime groups is 1. The van der Waals surface area contributed by atoms with Gasteiger partial charge >= 0.3 is 0 Å². The van der Waals surface area contributed by atoms with Crippen molar-refractivity contribution in [3.63, 3.8) is 0 Å². The Morgan fingerprint density at radius 3 is 2.94 bits per heavy atom. The van der Waals surface area contributed by atoms with Crippen molar-refractivity contribution in [2.45, 2.75) is 31.9 Å². The van der Waals surface area contributed by atoms with Gasteiger partial charge < -0.3 is 21.0 Å². The molecule has 0 unspecified atom stereocenters. The molecule has 1 aliphatic carbocycles. The third-order valence-electron chi connectivity index (χ3n) is 2.59. The van der Waals surface area contributed by atoms with Gasteiger partial charge in [-0.05, 0) is 10.3 Å². The number of ether oxygens (including phenoxy) is 1. The largest absolute Gasteiger partial charge is 0.470 e. The van der Waals surface area contributed by atoms with E-state index in [9.17, 15) is 4.79 Å². The molecular weight excluding hydrogens is 242 g/mol. The quantitative estimate of drug-likeness (QED) is 0.277. The molecule has 1 aliphatic rings. The molecule has 9 heteroatoms. The van der Waals surface area contributed by atoms with E-state index in [1.165, 1.54) is 6.92 Å². The van der Waals surface area contributed by atoms with E-state index < -0.39 is 0 Å². The molecule has 0 radical (unpaired) electrons. The third-order valence-corrected chi connectivity index (χ3v) is 2.59. The Kier molecular flexibility index (Phi) is 3.31. The topological polar surface area (TPSA) is 136 Å². The molecule has 1 fully saturated rings. The highest BCUT2D eigenvalue weighted by atomic mass is 16.6. The van der Waals surface area contributed by atoms with Gasteiger partial charge in [0.15, 0.2) is 5.84 Å². The summed E-state index contributed by atoms with van der Waals surface area (Å²) in [5.74, 6) is -0.223. The van der Waals surface area contributed by atoms with Gasteiger partial charge in [0.25, 0.3) is 5.88 Å².